The Bertz CT molecular complexity index is 730. The normalized spacial score (nSPS) is 18.0. The average molecular weight is 345 g/mol. The number of rotatable bonds is 4. The molecule has 1 saturated heterocycles. The molecule has 7 heteroatoms. The summed E-state index contributed by atoms with van der Waals surface area (Å²) < 4.78 is 1.72. The SMILES string of the molecule is Cc1ccc(C)c(-n2nnnc2SCC(=O)N2CCCC[C@H]2C)c1. The third-order valence-electron chi connectivity index (χ3n) is 4.48. The lowest BCUT2D eigenvalue weighted by molar-refractivity contribution is -0.131. The molecule has 24 heavy (non-hydrogen) atoms. The number of piperidine rings is 1. The Kier molecular flexibility index (Phi) is 5.18. The van der Waals surface area contributed by atoms with Crippen LogP contribution >= 0.6 is 11.8 Å². The van der Waals surface area contributed by atoms with Crippen molar-refractivity contribution in [3.05, 3.63) is 29.3 Å². The summed E-state index contributed by atoms with van der Waals surface area (Å²) in [4.78, 5) is 14.5. The highest BCUT2D eigenvalue weighted by Gasteiger charge is 2.24. The van der Waals surface area contributed by atoms with E-state index in [1.807, 2.05) is 18.7 Å². The molecule has 1 atom stereocenters. The second-order valence-electron chi connectivity index (χ2n) is 6.38. The van der Waals surface area contributed by atoms with Crippen molar-refractivity contribution in [3.63, 3.8) is 0 Å². The Morgan fingerprint density at radius 3 is 2.96 bits per heavy atom. The summed E-state index contributed by atoms with van der Waals surface area (Å²) in [6.45, 7) is 7.07. The minimum absolute atomic E-state index is 0.169. The monoisotopic (exact) mass is 345 g/mol. The number of hydrogen-bond acceptors (Lipinski definition) is 5. The van der Waals surface area contributed by atoms with Gasteiger partial charge >= 0.3 is 0 Å². The molecule has 2 heterocycles. The second-order valence-corrected chi connectivity index (χ2v) is 7.33. The summed E-state index contributed by atoms with van der Waals surface area (Å²) in [6.07, 6.45) is 3.40. The van der Waals surface area contributed by atoms with Crippen molar-refractivity contribution < 1.29 is 4.79 Å². The van der Waals surface area contributed by atoms with Crippen molar-refractivity contribution >= 4 is 17.7 Å². The van der Waals surface area contributed by atoms with Crippen LogP contribution in [0.2, 0.25) is 0 Å². The fraction of sp³-hybridized carbons (Fsp3) is 0.529. The molecule has 0 N–H and O–H groups in total. The molecular weight excluding hydrogens is 322 g/mol. The van der Waals surface area contributed by atoms with E-state index in [1.54, 1.807) is 4.68 Å². The van der Waals surface area contributed by atoms with Gasteiger partial charge in [-0.15, -0.1) is 5.10 Å². The number of carbonyl (C=O) groups excluding carboxylic acids is 1. The average Bonchev–Trinajstić information content (AvgIpc) is 3.03. The zero-order chi connectivity index (χ0) is 17.1. The van der Waals surface area contributed by atoms with Gasteiger partial charge in [0.1, 0.15) is 0 Å². The van der Waals surface area contributed by atoms with Gasteiger partial charge in [-0.2, -0.15) is 4.68 Å². The smallest absolute Gasteiger partial charge is 0.233 e. The lowest BCUT2D eigenvalue weighted by Crippen LogP contribution is -2.43. The number of likely N-dealkylation sites (tertiary alicyclic amines) is 1. The molecule has 0 saturated carbocycles. The molecule has 0 spiro atoms. The number of amides is 1. The van der Waals surface area contributed by atoms with E-state index in [9.17, 15) is 4.79 Å². The summed E-state index contributed by atoms with van der Waals surface area (Å²) in [5.74, 6) is 0.540. The lowest BCUT2D eigenvalue weighted by atomic mass is 10.0. The molecule has 1 aliphatic rings. The highest BCUT2D eigenvalue weighted by atomic mass is 32.2. The van der Waals surface area contributed by atoms with Crippen LogP contribution in [-0.2, 0) is 4.79 Å². The topological polar surface area (TPSA) is 63.9 Å². The van der Waals surface area contributed by atoms with E-state index in [0.717, 1.165) is 36.2 Å². The Balaban J connectivity index is 1.72. The summed E-state index contributed by atoms with van der Waals surface area (Å²) >= 11 is 1.40. The Hall–Kier alpha value is -1.89. The van der Waals surface area contributed by atoms with Crippen LogP contribution in [0, 0.1) is 13.8 Å². The van der Waals surface area contributed by atoms with Gasteiger partial charge in [-0.3, -0.25) is 4.79 Å². The number of nitrogens with zero attached hydrogens (tertiary/aromatic N) is 5. The van der Waals surface area contributed by atoms with Crippen LogP contribution in [0.5, 0.6) is 0 Å². The van der Waals surface area contributed by atoms with Gasteiger partial charge in [-0.25, -0.2) is 0 Å². The molecule has 0 radical (unpaired) electrons. The summed E-state index contributed by atoms with van der Waals surface area (Å²) in [5.41, 5.74) is 3.22. The first-order valence-corrected chi connectivity index (χ1v) is 9.33. The predicted molar refractivity (Wildman–Crippen MR) is 94.4 cm³/mol. The van der Waals surface area contributed by atoms with E-state index in [2.05, 4.69) is 40.6 Å². The van der Waals surface area contributed by atoms with Crippen LogP contribution in [0.15, 0.2) is 23.4 Å². The van der Waals surface area contributed by atoms with Crippen LogP contribution in [-0.4, -0.2) is 49.4 Å². The zero-order valence-electron chi connectivity index (χ0n) is 14.4. The van der Waals surface area contributed by atoms with Gasteiger partial charge in [0.05, 0.1) is 11.4 Å². The predicted octanol–water partition coefficient (Wildman–Crippen LogP) is 2.77. The fourth-order valence-electron chi connectivity index (χ4n) is 3.05. The number of benzene rings is 1. The van der Waals surface area contributed by atoms with Crippen molar-refractivity contribution in [2.45, 2.75) is 51.2 Å². The molecule has 1 fully saturated rings. The first-order chi connectivity index (χ1) is 11.6. The Labute approximate surface area is 146 Å². The van der Waals surface area contributed by atoms with Gasteiger partial charge in [-0.1, -0.05) is 23.9 Å². The Morgan fingerprint density at radius 1 is 1.33 bits per heavy atom. The number of aromatic nitrogens is 4. The number of tetrazole rings is 1. The number of carbonyl (C=O) groups is 1. The molecule has 3 rings (SSSR count). The second kappa shape index (κ2) is 7.34. The van der Waals surface area contributed by atoms with Gasteiger partial charge in [0.2, 0.25) is 11.1 Å². The first kappa shape index (κ1) is 17.0. The molecule has 0 aliphatic carbocycles. The molecule has 1 aromatic carbocycles. The molecule has 0 bridgehead atoms. The van der Waals surface area contributed by atoms with Crippen LogP contribution in [0.4, 0.5) is 0 Å². The third-order valence-corrected chi connectivity index (χ3v) is 5.39. The first-order valence-electron chi connectivity index (χ1n) is 8.34. The van der Waals surface area contributed by atoms with Gasteiger partial charge in [0.25, 0.3) is 0 Å². The molecular formula is C17H23N5OS. The van der Waals surface area contributed by atoms with Crippen molar-refractivity contribution in [3.8, 4) is 5.69 Å². The summed E-state index contributed by atoms with van der Waals surface area (Å²) in [6, 6.07) is 6.52. The van der Waals surface area contributed by atoms with Crippen LogP contribution < -0.4 is 0 Å². The van der Waals surface area contributed by atoms with E-state index >= 15 is 0 Å². The van der Waals surface area contributed by atoms with E-state index in [0.29, 0.717) is 17.0 Å². The van der Waals surface area contributed by atoms with Gasteiger partial charge in [0, 0.05) is 12.6 Å². The van der Waals surface area contributed by atoms with E-state index in [4.69, 9.17) is 0 Å². The highest BCUT2D eigenvalue weighted by molar-refractivity contribution is 7.99. The molecule has 128 valence electrons. The molecule has 1 amide bonds. The maximum atomic E-state index is 12.5. The van der Waals surface area contributed by atoms with E-state index in [-0.39, 0.29) is 5.91 Å². The van der Waals surface area contributed by atoms with Crippen LogP contribution in [0.1, 0.15) is 37.3 Å². The van der Waals surface area contributed by atoms with E-state index in [1.165, 1.54) is 18.2 Å². The van der Waals surface area contributed by atoms with Crippen LogP contribution in [0.3, 0.4) is 0 Å². The molecule has 6 nitrogen and oxygen atoms in total. The van der Waals surface area contributed by atoms with Crippen LogP contribution in [0.25, 0.3) is 5.69 Å². The van der Waals surface area contributed by atoms with E-state index < -0.39 is 0 Å². The fourth-order valence-corrected chi connectivity index (χ4v) is 3.82. The quantitative estimate of drug-likeness (QED) is 0.797. The largest absolute Gasteiger partial charge is 0.339 e. The van der Waals surface area contributed by atoms with Crippen molar-refractivity contribution in [2.75, 3.05) is 12.3 Å². The summed E-state index contributed by atoms with van der Waals surface area (Å²) in [5, 5.41) is 12.6. The molecule has 1 aliphatic heterocycles. The summed E-state index contributed by atoms with van der Waals surface area (Å²) in [7, 11) is 0. The minimum atomic E-state index is 0.169. The standard InChI is InChI=1S/C17H23N5OS/c1-12-7-8-13(2)15(10-12)22-17(18-19-20-22)24-11-16(23)21-9-5-4-6-14(21)3/h7-8,10,14H,4-6,9,11H2,1-3H3/t14-/m1/s1. The third kappa shape index (κ3) is 3.61. The number of aryl methyl sites for hydroxylation is 2. The zero-order valence-corrected chi connectivity index (χ0v) is 15.2. The maximum Gasteiger partial charge on any atom is 0.233 e. The maximum absolute atomic E-state index is 12.5. The van der Waals surface area contributed by atoms with Crippen molar-refractivity contribution in [1.29, 1.82) is 0 Å². The van der Waals surface area contributed by atoms with Crippen molar-refractivity contribution in [2.24, 2.45) is 0 Å². The molecule has 1 aromatic heterocycles. The minimum Gasteiger partial charge on any atom is -0.339 e. The number of thioether (sulfide) groups is 1. The van der Waals surface area contributed by atoms with Gasteiger partial charge in [0.15, 0.2) is 0 Å². The van der Waals surface area contributed by atoms with Crippen molar-refractivity contribution in [1.82, 2.24) is 25.1 Å². The molecule has 0 unspecified atom stereocenters. The molecule has 2 aromatic rings. The highest BCUT2D eigenvalue weighted by Crippen LogP contribution is 2.23. The van der Waals surface area contributed by atoms with Gasteiger partial charge in [-0.05, 0) is 67.7 Å². The van der Waals surface area contributed by atoms with Gasteiger partial charge < -0.3 is 4.90 Å². The lowest BCUT2D eigenvalue weighted by Gasteiger charge is -2.33. The Morgan fingerprint density at radius 2 is 2.17 bits per heavy atom. The number of hydrogen-bond donors (Lipinski definition) is 0.